The van der Waals surface area contributed by atoms with Crippen molar-refractivity contribution in [3.05, 3.63) is 0 Å². The lowest BCUT2D eigenvalue weighted by Gasteiger charge is -2.30. The van der Waals surface area contributed by atoms with E-state index in [1.807, 2.05) is 0 Å². The normalized spacial score (nSPS) is 35.0. The molecule has 2 aliphatic rings. The maximum atomic E-state index is 9.62. The average Bonchev–Trinajstić information content (AvgIpc) is 2.46. The highest BCUT2D eigenvalue weighted by Crippen LogP contribution is 2.22. The fourth-order valence-electron chi connectivity index (χ4n) is 3.09. The molecule has 0 amide bonds. The van der Waals surface area contributed by atoms with Crippen molar-refractivity contribution in [2.45, 2.75) is 82.4 Å². The summed E-state index contributed by atoms with van der Waals surface area (Å²) in [4.78, 5) is 0. The van der Waals surface area contributed by atoms with Gasteiger partial charge in [0.2, 0.25) is 0 Å². The van der Waals surface area contributed by atoms with Crippen LogP contribution in [-0.4, -0.2) is 23.3 Å². The summed E-state index contributed by atoms with van der Waals surface area (Å²) in [5.74, 6) is 0. The first-order valence-corrected chi connectivity index (χ1v) is 6.79. The van der Waals surface area contributed by atoms with Gasteiger partial charge in [0.1, 0.15) is 0 Å². The molecular weight excluding hydrogens is 186 g/mol. The number of rotatable bonds is 2. The van der Waals surface area contributed by atoms with Gasteiger partial charge in [-0.3, -0.25) is 0 Å². The van der Waals surface area contributed by atoms with Crippen LogP contribution in [0.1, 0.15) is 64.2 Å². The van der Waals surface area contributed by atoms with Crippen LogP contribution in [0.3, 0.4) is 0 Å². The topological polar surface area (TPSA) is 32.3 Å². The molecule has 2 unspecified atom stereocenters. The Hall–Kier alpha value is -0.0800. The molecule has 0 aromatic rings. The van der Waals surface area contributed by atoms with E-state index in [-0.39, 0.29) is 6.10 Å². The summed E-state index contributed by atoms with van der Waals surface area (Å²) in [5.41, 5.74) is 0. The van der Waals surface area contributed by atoms with E-state index in [0.29, 0.717) is 6.04 Å². The maximum Gasteiger partial charge on any atom is 0.0555 e. The molecule has 88 valence electrons. The summed E-state index contributed by atoms with van der Waals surface area (Å²) in [6, 6.07) is 1.33. The molecule has 2 atom stereocenters. The van der Waals surface area contributed by atoms with Crippen molar-refractivity contribution >= 4 is 0 Å². The number of aliphatic hydroxyl groups excluding tert-OH is 1. The second-order valence-corrected chi connectivity index (χ2v) is 5.37. The van der Waals surface area contributed by atoms with E-state index in [4.69, 9.17) is 0 Å². The Balaban J connectivity index is 1.74. The predicted octanol–water partition coefficient (Wildman–Crippen LogP) is 2.60. The van der Waals surface area contributed by atoms with Crippen molar-refractivity contribution in [2.75, 3.05) is 0 Å². The molecule has 2 saturated carbocycles. The molecule has 2 fully saturated rings. The predicted molar refractivity (Wildman–Crippen MR) is 62.9 cm³/mol. The molecule has 0 radical (unpaired) electrons. The second kappa shape index (κ2) is 5.86. The maximum absolute atomic E-state index is 9.62. The van der Waals surface area contributed by atoms with Crippen LogP contribution in [0, 0.1) is 0 Å². The lowest BCUT2D eigenvalue weighted by atomic mass is 9.92. The van der Waals surface area contributed by atoms with Gasteiger partial charge in [-0.15, -0.1) is 0 Å². The van der Waals surface area contributed by atoms with Crippen LogP contribution in [0.5, 0.6) is 0 Å². The Morgan fingerprint density at radius 3 is 2.07 bits per heavy atom. The lowest BCUT2D eigenvalue weighted by Crippen LogP contribution is -2.42. The van der Waals surface area contributed by atoms with E-state index in [9.17, 15) is 5.11 Å². The molecule has 15 heavy (non-hydrogen) atoms. The van der Waals surface area contributed by atoms with Crippen LogP contribution >= 0.6 is 0 Å². The fourth-order valence-corrected chi connectivity index (χ4v) is 3.09. The highest BCUT2D eigenvalue weighted by molar-refractivity contribution is 4.81. The lowest BCUT2D eigenvalue weighted by molar-refractivity contribution is 0.108. The van der Waals surface area contributed by atoms with Gasteiger partial charge in [0.25, 0.3) is 0 Å². The van der Waals surface area contributed by atoms with E-state index in [1.54, 1.807) is 0 Å². The van der Waals surface area contributed by atoms with E-state index in [1.165, 1.54) is 51.4 Å². The third-order valence-electron chi connectivity index (χ3n) is 3.97. The summed E-state index contributed by atoms with van der Waals surface area (Å²) in [7, 11) is 0. The summed E-state index contributed by atoms with van der Waals surface area (Å²) < 4.78 is 0. The van der Waals surface area contributed by atoms with Crippen molar-refractivity contribution in [1.29, 1.82) is 0 Å². The zero-order valence-corrected chi connectivity index (χ0v) is 9.75. The van der Waals surface area contributed by atoms with Gasteiger partial charge in [0.05, 0.1) is 6.10 Å². The molecule has 2 aliphatic carbocycles. The van der Waals surface area contributed by atoms with Crippen LogP contribution in [0.15, 0.2) is 0 Å². The SMILES string of the molecule is OC1CCCC(NC2CCCCCC2)C1. The summed E-state index contributed by atoms with van der Waals surface area (Å²) in [6.07, 6.45) is 12.8. The van der Waals surface area contributed by atoms with Crippen LogP contribution in [0.25, 0.3) is 0 Å². The Labute approximate surface area is 93.5 Å². The largest absolute Gasteiger partial charge is 0.393 e. The van der Waals surface area contributed by atoms with E-state index in [0.717, 1.165) is 18.9 Å². The van der Waals surface area contributed by atoms with Crippen LogP contribution < -0.4 is 5.32 Å². The minimum absolute atomic E-state index is 0.0398. The Kier molecular flexibility index (Phi) is 4.45. The first-order chi connectivity index (χ1) is 7.34. The van der Waals surface area contributed by atoms with Gasteiger partial charge in [-0.05, 0) is 38.5 Å². The van der Waals surface area contributed by atoms with Crippen LogP contribution in [0.2, 0.25) is 0 Å². The second-order valence-electron chi connectivity index (χ2n) is 5.37. The number of aliphatic hydroxyl groups is 1. The first-order valence-electron chi connectivity index (χ1n) is 6.79. The van der Waals surface area contributed by atoms with Crippen molar-refractivity contribution in [3.8, 4) is 0 Å². The molecule has 0 aromatic heterocycles. The van der Waals surface area contributed by atoms with Crippen LogP contribution in [-0.2, 0) is 0 Å². The monoisotopic (exact) mass is 211 g/mol. The smallest absolute Gasteiger partial charge is 0.0555 e. The van der Waals surface area contributed by atoms with Crippen molar-refractivity contribution in [1.82, 2.24) is 5.32 Å². The van der Waals surface area contributed by atoms with Gasteiger partial charge >= 0.3 is 0 Å². The molecule has 0 aromatic carbocycles. The molecule has 2 rings (SSSR count). The Bertz CT molecular complexity index is 175. The van der Waals surface area contributed by atoms with E-state index in [2.05, 4.69) is 5.32 Å². The third kappa shape index (κ3) is 3.76. The minimum atomic E-state index is -0.0398. The van der Waals surface area contributed by atoms with Crippen LogP contribution in [0.4, 0.5) is 0 Å². The molecule has 2 N–H and O–H groups in total. The van der Waals surface area contributed by atoms with Gasteiger partial charge in [0.15, 0.2) is 0 Å². The Morgan fingerprint density at radius 2 is 1.40 bits per heavy atom. The highest BCUT2D eigenvalue weighted by Gasteiger charge is 2.22. The first kappa shape index (κ1) is 11.4. The van der Waals surface area contributed by atoms with Crippen molar-refractivity contribution < 1.29 is 5.11 Å². The number of nitrogens with one attached hydrogen (secondary N) is 1. The molecule has 0 heterocycles. The quantitative estimate of drug-likeness (QED) is 0.688. The highest BCUT2D eigenvalue weighted by atomic mass is 16.3. The van der Waals surface area contributed by atoms with Gasteiger partial charge < -0.3 is 10.4 Å². The van der Waals surface area contributed by atoms with E-state index < -0.39 is 0 Å². The summed E-state index contributed by atoms with van der Waals surface area (Å²) >= 11 is 0. The van der Waals surface area contributed by atoms with Crippen molar-refractivity contribution in [3.63, 3.8) is 0 Å². The summed E-state index contributed by atoms with van der Waals surface area (Å²) in [6.45, 7) is 0. The van der Waals surface area contributed by atoms with Gasteiger partial charge in [-0.25, -0.2) is 0 Å². The fraction of sp³-hybridized carbons (Fsp3) is 1.00. The summed E-state index contributed by atoms with van der Waals surface area (Å²) in [5, 5.41) is 13.4. The van der Waals surface area contributed by atoms with Gasteiger partial charge in [-0.2, -0.15) is 0 Å². The molecule has 0 bridgehead atoms. The van der Waals surface area contributed by atoms with E-state index >= 15 is 0 Å². The number of hydrogen-bond donors (Lipinski definition) is 2. The Morgan fingerprint density at radius 1 is 0.733 bits per heavy atom. The zero-order valence-electron chi connectivity index (χ0n) is 9.75. The van der Waals surface area contributed by atoms with Gasteiger partial charge in [0, 0.05) is 12.1 Å². The molecular formula is C13H25NO. The third-order valence-corrected chi connectivity index (χ3v) is 3.97. The molecule has 2 heteroatoms. The minimum Gasteiger partial charge on any atom is -0.393 e. The molecule has 0 saturated heterocycles. The number of hydrogen-bond acceptors (Lipinski definition) is 2. The zero-order chi connectivity index (χ0) is 10.5. The molecule has 2 nitrogen and oxygen atoms in total. The standard InChI is InChI=1S/C13H25NO/c15-13-9-5-8-12(10-13)14-11-6-3-1-2-4-7-11/h11-15H,1-10H2. The molecule has 0 spiro atoms. The molecule has 0 aliphatic heterocycles. The van der Waals surface area contributed by atoms with Gasteiger partial charge in [-0.1, -0.05) is 25.7 Å². The average molecular weight is 211 g/mol. The van der Waals surface area contributed by atoms with Crippen molar-refractivity contribution in [2.24, 2.45) is 0 Å².